The fourth-order valence-corrected chi connectivity index (χ4v) is 2.96. The first-order chi connectivity index (χ1) is 10.9. The Morgan fingerprint density at radius 2 is 1.78 bits per heavy atom. The molecule has 3 aromatic rings. The van der Waals surface area contributed by atoms with Gasteiger partial charge in [0.2, 0.25) is 5.43 Å². The van der Waals surface area contributed by atoms with Gasteiger partial charge in [-0.25, -0.2) is 13.6 Å². The predicted molar refractivity (Wildman–Crippen MR) is 79.8 cm³/mol. The number of hydrogen-bond donors (Lipinski definition) is 1. The van der Waals surface area contributed by atoms with Crippen molar-refractivity contribution in [1.29, 1.82) is 0 Å². The zero-order valence-electron chi connectivity index (χ0n) is 12.0. The van der Waals surface area contributed by atoms with E-state index in [-0.39, 0.29) is 28.0 Å². The lowest BCUT2D eigenvalue weighted by molar-refractivity contribution is 0.510. The lowest BCUT2D eigenvalue weighted by atomic mass is 10.1. The maximum Gasteiger partial charge on any atom is 0.329 e. The SMILES string of the molecule is Cn1c(=O)[nH]c(=O)c2c(=O)c3cc(F)c(F)cc3n(C3CC3)c21. The Balaban J connectivity index is 2.42. The van der Waals surface area contributed by atoms with Crippen LogP contribution in [0.2, 0.25) is 0 Å². The Bertz CT molecular complexity index is 1170. The quantitative estimate of drug-likeness (QED) is 0.684. The second kappa shape index (κ2) is 4.37. The van der Waals surface area contributed by atoms with E-state index < -0.39 is 28.3 Å². The predicted octanol–water partition coefficient (Wildman–Crippen LogP) is 1.15. The van der Waals surface area contributed by atoms with Crippen LogP contribution in [-0.2, 0) is 7.05 Å². The Labute approximate surface area is 126 Å². The minimum absolute atomic E-state index is 0.0575. The molecular formula is C15H11F2N3O3. The van der Waals surface area contributed by atoms with E-state index in [1.54, 1.807) is 4.57 Å². The topological polar surface area (TPSA) is 76.9 Å². The van der Waals surface area contributed by atoms with Crippen molar-refractivity contribution in [1.82, 2.24) is 14.1 Å². The van der Waals surface area contributed by atoms with Gasteiger partial charge in [-0.2, -0.15) is 0 Å². The molecule has 1 aliphatic rings. The molecule has 2 aromatic heterocycles. The zero-order chi connectivity index (χ0) is 16.5. The van der Waals surface area contributed by atoms with E-state index in [1.807, 2.05) is 0 Å². The molecule has 23 heavy (non-hydrogen) atoms. The first kappa shape index (κ1) is 13.9. The van der Waals surface area contributed by atoms with Gasteiger partial charge in [0.25, 0.3) is 5.56 Å². The molecule has 1 aromatic carbocycles. The largest absolute Gasteiger partial charge is 0.329 e. The van der Waals surface area contributed by atoms with E-state index >= 15 is 0 Å². The molecule has 1 saturated carbocycles. The molecular weight excluding hydrogens is 308 g/mol. The minimum Gasteiger partial charge on any atom is -0.323 e. The van der Waals surface area contributed by atoms with Gasteiger partial charge in [0.05, 0.1) is 5.52 Å². The molecule has 0 atom stereocenters. The number of aromatic amines is 1. The average molecular weight is 319 g/mol. The van der Waals surface area contributed by atoms with Gasteiger partial charge in [-0.3, -0.25) is 19.1 Å². The number of fused-ring (bicyclic) bond motifs is 2. The van der Waals surface area contributed by atoms with E-state index in [0.717, 1.165) is 29.5 Å². The molecule has 2 heterocycles. The number of nitrogens with one attached hydrogen (secondary N) is 1. The highest BCUT2D eigenvalue weighted by molar-refractivity contribution is 5.92. The van der Waals surface area contributed by atoms with Crippen molar-refractivity contribution in [3.8, 4) is 0 Å². The van der Waals surface area contributed by atoms with Crippen molar-refractivity contribution in [3.63, 3.8) is 0 Å². The summed E-state index contributed by atoms with van der Waals surface area (Å²) >= 11 is 0. The van der Waals surface area contributed by atoms with Gasteiger partial charge in [-0.05, 0) is 18.9 Å². The highest BCUT2D eigenvalue weighted by atomic mass is 19.2. The number of nitrogens with zero attached hydrogens (tertiary/aromatic N) is 2. The maximum absolute atomic E-state index is 13.7. The number of halogens is 2. The number of aryl methyl sites for hydroxylation is 1. The fraction of sp³-hybridized carbons (Fsp3) is 0.267. The molecule has 4 rings (SSSR count). The Kier molecular flexibility index (Phi) is 2.64. The normalized spacial score (nSPS) is 14.7. The van der Waals surface area contributed by atoms with Crippen molar-refractivity contribution >= 4 is 21.9 Å². The number of benzene rings is 1. The van der Waals surface area contributed by atoms with Crippen LogP contribution in [0.25, 0.3) is 21.9 Å². The maximum atomic E-state index is 13.7. The molecule has 0 amide bonds. The standard InChI is InChI=1S/C15H11F2N3O3/c1-19-14-11(13(22)18-15(19)23)12(21)7-4-8(16)9(17)5-10(7)20(14)6-2-3-6/h4-6H,2-3H2,1H3,(H,18,22,23). The van der Waals surface area contributed by atoms with Crippen LogP contribution in [0, 0.1) is 11.6 Å². The molecule has 0 bridgehead atoms. The third kappa shape index (κ3) is 1.81. The first-order valence-corrected chi connectivity index (χ1v) is 7.06. The molecule has 0 saturated heterocycles. The smallest absolute Gasteiger partial charge is 0.323 e. The summed E-state index contributed by atoms with van der Waals surface area (Å²) in [6.07, 6.45) is 1.54. The van der Waals surface area contributed by atoms with Gasteiger partial charge in [-0.15, -0.1) is 0 Å². The van der Waals surface area contributed by atoms with Crippen LogP contribution in [0.15, 0.2) is 26.5 Å². The monoisotopic (exact) mass is 319 g/mol. The molecule has 1 aliphatic carbocycles. The second-order valence-corrected chi connectivity index (χ2v) is 5.73. The first-order valence-electron chi connectivity index (χ1n) is 7.06. The summed E-state index contributed by atoms with van der Waals surface area (Å²) in [7, 11) is 1.42. The van der Waals surface area contributed by atoms with Crippen LogP contribution >= 0.6 is 0 Å². The molecule has 0 aliphatic heterocycles. The van der Waals surface area contributed by atoms with E-state index in [1.165, 1.54) is 7.05 Å². The highest BCUT2D eigenvalue weighted by Gasteiger charge is 2.29. The number of rotatable bonds is 1. The minimum atomic E-state index is -1.16. The van der Waals surface area contributed by atoms with Crippen LogP contribution in [0.4, 0.5) is 8.78 Å². The molecule has 1 N–H and O–H groups in total. The summed E-state index contributed by atoms with van der Waals surface area (Å²) in [5.41, 5.74) is -1.90. The summed E-state index contributed by atoms with van der Waals surface area (Å²) in [4.78, 5) is 38.7. The van der Waals surface area contributed by atoms with Gasteiger partial charge in [0.15, 0.2) is 11.6 Å². The molecule has 0 spiro atoms. The lowest BCUT2D eigenvalue weighted by Gasteiger charge is -2.16. The van der Waals surface area contributed by atoms with Gasteiger partial charge < -0.3 is 4.57 Å². The molecule has 118 valence electrons. The molecule has 8 heteroatoms. The highest BCUT2D eigenvalue weighted by Crippen LogP contribution is 2.38. The average Bonchev–Trinajstić information content (AvgIpc) is 3.31. The Hall–Kier alpha value is -2.77. The zero-order valence-corrected chi connectivity index (χ0v) is 12.0. The summed E-state index contributed by atoms with van der Waals surface area (Å²) in [5, 5.41) is -0.301. The van der Waals surface area contributed by atoms with Gasteiger partial charge in [-0.1, -0.05) is 0 Å². The van der Waals surface area contributed by atoms with Crippen molar-refractivity contribution in [2.24, 2.45) is 7.05 Å². The summed E-state index contributed by atoms with van der Waals surface area (Å²) < 4.78 is 30.0. The van der Waals surface area contributed by atoms with Crippen LogP contribution < -0.4 is 16.7 Å². The van der Waals surface area contributed by atoms with Gasteiger partial charge in [0.1, 0.15) is 11.0 Å². The van der Waals surface area contributed by atoms with Crippen LogP contribution in [0.1, 0.15) is 18.9 Å². The van der Waals surface area contributed by atoms with Gasteiger partial charge in [0, 0.05) is 24.5 Å². The number of H-pyrrole nitrogens is 1. The number of aromatic nitrogens is 3. The summed E-state index contributed by atoms with van der Waals surface area (Å²) in [6, 6.07) is 1.68. The van der Waals surface area contributed by atoms with Crippen LogP contribution in [0.5, 0.6) is 0 Å². The van der Waals surface area contributed by atoms with Crippen LogP contribution in [-0.4, -0.2) is 14.1 Å². The Morgan fingerprint density at radius 1 is 1.13 bits per heavy atom. The summed E-state index contributed by atoms with van der Waals surface area (Å²) in [6.45, 7) is 0. The Morgan fingerprint density at radius 3 is 2.43 bits per heavy atom. The van der Waals surface area contributed by atoms with E-state index in [4.69, 9.17) is 0 Å². The number of pyridine rings is 1. The fourth-order valence-electron chi connectivity index (χ4n) is 2.96. The molecule has 0 unspecified atom stereocenters. The third-order valence-electron chi connectivity index (χ3n) is 4.20. The molecule has 6 nitrogen and oxygen atoms in total. The third-order valence-corrected chi connectivity index (χ3v) is 4.20. The van der Waals surface area contributed by atoms with E-state index in [0.29, 0.717) is 0 Å². The number of hydrogen-bond acceptors (Lipinski definition) is 3. The van der Waals surface area contributed by atoms with Crippen LogP contribution in [0.3, 0.4) is 0 Å². The molecule has 1 fully saturated rings. The summed E-state index contributed by atoms with van der Waals surface area (Å²) in [5.74, 6) is -2.24. The van der Waals surface area contributed by atoms with Crippen molar-refractivity contribution in [3.05, 3.63) is 54.8 Å². The van der Waals surface area contributed by atoms with E-state index in [2.05, 4.69) is 4.98 Å². The van der Waals surface area contributed by atoms with Crippen molar-refractivity contribution < 1.29 is 8.78 Å². The second-order valence-electron chi connectivity index (χ2n) is 5.73. The van der Waals surface area contributed by atoms with Gasteiger partial charge >= 0.3 is 5.69 Å². The van der Waals surface area contributed by atoms with E-state index in [9.17, 15) is 23.2 Å². The lowest BCUT2D eigenvalue weighted by Crippen LogP contribution is -2.33. The van der Waals surface area contributed by atoms with Crippen molar-refractivity contribution in [2.75, 3.05) is 0 Å². The molecule has 0 radical (unpaired) electrons. The van der Waals surface area contributed by atoms with Crippen molar-refractivity contribution in [2.45, 2.75) is 18.9 Å².